The molecule has 1 rings (SSSR count). The molecule has 2 nitrogen and oxygen atoms in total. The van der Waals surface area contributed by atoms with Gasteiger partial charge in [0.15, 0.2) is 0 Å². The maximum absolute atomic E-state index is 10.8. The third-order valence-corrected chi connectivity index (χ3v) is 2.77. The lowest BCUT2D eigenvalue weighted by Crippen LogP contribution is -1.91. The van der Waals surface area contributed by atoms with Crippen molar-refractivity contribution in [2.45, 2.75) is 46.5 Å². The molecular weight excluding hydrogens is 212 g/mol. The molecule has 0 unspecified atom stereocenters. The first-order valence-corrected chi connectivity index (χ1v) is 6.23. The summed E-state index contributed by atoms with van der Waals surface area (Å²) in [4.78, 5) is 10.8. The summed E-state index contributed by atoms with van der Waals surface area (Å²) >= 11 is 0. The molecule has 0 fully saturated rings. The van der Waals surface area contributed by atoms with Gasteiger partial charge in [-0.2, -0.15) is 0 Å². The molecule has 0 saturated heterocycles. The van der Waals surface area contributed by atoms with Crippen molar-refractivity contribution in [3.05, 3.63) is 34.9 Å². The first-order valence-electron chi connectivity index (χ1n) is 6.23. The van der Waals surface area contributed by atoms with E-state index < -0.39 is 0 Å². The molecule has 0 aromatic carbocycles. The minimum atomic E-state index is -0.191. The third-order valence-electron chi connectivity index (χ3n) is 2.77. The van der Waals surface area contributed by atoms with Crippen LogP contribution < -0.4 is 0 Å². The molecule has 0 atom stereocenters. The second-order valence-corrected chi connectivity index (χ2v) is 4.82. The van der Waals surface area contributed by atoms with E-state index in [1.807, 2.05) is 0 Å². The Hall–Kier alpha value is -1.31. The first kappa shape index (κ1) is 13.8. The highest BCUT2D eigenvalue weighted by molar-refractivity contribution is 5.85. The second-order valence-electron chi connectivity index (χ2n) is 4.82. The van der Waals surface area contributed by atoms with Gasteiger partial charge in [-0.15, -0.1) is 0 Å². The summed E-state index contributed by atoms with van der Waals surface area (Å²) in [5.74, 6) is -0.191. The summed E-state index contributed by atoms with van der Waals surface area (Å²) in [7, 11) is 0. The van der Waals surface area contributed by atoms with Gasteiger partial charge in [0, 0.05) is 6.08 Å². The van der Waals surface area contributed by atoms with Crippen LogP contribution >= 0.6 is 0 Å². The Kier molecular flexibility index (Phi) is 5.75. The highest BCUT2D eigenvalue weighted by Gasteiger charge is 2.11. The van der Waals surface area contributed by atoms with Gasteiger partial charge in [0.05, 0.1) is 0 Å². The van der Waals surface area contributed by atoms with Gasteiger partial charge in [-0.05, 0) is 52.0 Å². The molecule has 0 spiro atoms. The molecule has 0 aromatic rings. The summed E-state index contributed by atoms with van der Waals surface area (Å²) in [5, 5.41) is 0. The Morgan fingerprint density at radius 1 is 1.29 bits per heavy atom. The lowest BCUT2D eigenvalue weighted by molar-refractivity contribution is -0.134. The van der Waals surface area contributed by atoms with Gasteiger partial charge < -0.3 is 4.74 Å². The van der Waals surface area contributed by atoms with Crippen molar-refractivity contribution in [2.24, 2.45) is 0 Å². The predicted octanol–water partition coefficient (Wildman–Crippen LogP) is 3.94. The minimum Gasteiger partial charge on any atom is -0.458 e. The van der Waals surface area contributed by atoms with Crippen LogP contribution in [-0.4, -0.2) is 12.6 Å². The second kappa shape index (κ2) is 7.10. The van der Waals surface area contributed by atoms with E-state index in [0.717, 1.165) is 31.3 Å². The van der Waals surface area contributed by atoms with Gasteiger partial charge in [0.2, 0.25) is 0 Å². The summed E-state index contributed by atoms with van der Waals surface area (Å²) in [6.45, 7) is 6.91. The van der Waals surface area contributed by atoms with E-state index in [0.29, 0.717) is 6.61 Å². The van der Waals surface area contributed by atoms with E-state index in [1.165, 1.54) is 11.1 Å². The largest absolute Gasteiger partial charge is 0.458 e. The highest BCUT2D eigenvalue weighted by Crippen LogP contribution is 2.14. The number of hydrogen-bond acceptors (Lipinski definition) is 2. The van der Waals surface area contributed by atoms with Crippen LogP contribution in [0.4, 0.5) is 0 Å². The zero-order valence-electron chi connectivity index (χ0n) is 11.1. The normalized spacial score (nSPS) is 15.6. The van der Waals surface area contributed by atoms with Crippen molar-refractivity contribution in [1.82, 2.24) is 0 Å². The zero-order chi connectivity index (χ0) is 12.7. The topological polar surface area (TPSA) is 26.3 Å². The van der Waals surface area contributed by atoms with Crippen LogP contribution in [-0.2, 0) is 9.53 Å². The van der Waals surface area contributed by atoms with Gasteiger partial charge in [-0.1, -0.05) is 23.3 Å². The van der Waals surface area contributed by atoms with Crippen molar-refractivity contribution in [1.29, 1.82) is 0 Å². The maximum Gasteiger partial charge on any atom is 0.331 e. The van der Waals surface area contributed by atoms with Crippen LogP contribution in [0.1, 0.15) is 46.5 Å². The van der Waals surface area contributed by atoms with E-state index in [1.54, 1.807) is 6.08 Å². The molecule has 0 bridgehead atoms. The van der Waals surface area contributed by atoms with Crippen molar-refractivity contribution >= 4 is 5.97 Å². The molecule has 0 aromatic heterocycles. The predicted molar refractivity (Wildman–Crippen MR) is 70.7 cm³/mol. The lowest BCUT2D eigenvalue weighted by Gasteiger charge is -2.00. The van der Waals surface area contributed by atoms with Crippen molar-refractivity contribution in [3.63, 3.8) is 0 Å². The Morgan fingerprint density at radius 3 is 2.65 bits per heavy atom. The molecule has 0 aliphatic carbocycles. The van der Waals surface area contributed by atoms with E-state index in [-0.39, 0.29) is 5.97 Å². The van der Waals surface area contributed by atoms with Gasteiger partial charge in [0.25, 0.3) is 0 Å². The summed E-state index contributed by atoms with van der Waals surface area (Å²) in [6.07, 6.45) is 10.3. The molecule has 0 saturated carbocycles. The lowest BCUT2D eigenvalue weighted by atomic mass is 10.1. The molecule has 1 heterocycles. The summed E-state index contributed by atoms with van der Waals surface area (Å²) in [5.41, 5.74) is 3.92. The fourth-order valence-electron chi connectivity index (χ4n) is 1.75. The average Bonchev–Trinajstić information content (AvgIpc) is 2.63. The van der Waals surface area contributed by atoms with Crippen LogP contribution in [0.25, 0.3) is 0 Å². The molecule has 1 aliphatic rings. The van der Waals surface area contributed by atoms with E-state index >= 15 is 0 Å². The standard InChI is InChI=1S/C15H22O2/c1-12(2)6-4-7-13(3)8-5-9-14-10-15(16)17-11-14/h6,8,10H,4-5,7,9,11H2,1-3H3/b13-8+. The molecule has 17 heavy (non-hydrogen) atoms. The minimum absolute atomic E-state index is 0.191. The van der Waals surface area contributed by atoms with Gasteiger partial charge in [-0.3, -0.25) is 0 Å². The van der Waals surface area contributed by atoms with E-state index in [2.05, 4.69) is 32.9 Å². The quantitative estimate of drug-likeness (QED) is 0.514. The van der Waals surface area contributed by atoms with Gasteiger partial charge in [0.1, 0.15) is 6.61 Å². The molecule has 2 heteroatoms. The van der Waals surface area contributed by atoms with Crippen LogP contribution in [0.3, 0.4) is 0 Å². The third kappa shape index (κ3) is 6.10. The number of ether oxygens (including phenoxy) is 1. The van der Waals surface area contributed by atoms with E-state index in [4.69, 9.17) is 4.74 Å². The number of hydrogen-bond donors (Lipinski definition) is 0. The molecular formula is C15H22O2. The van der Waals surface area contributed by atoms with Gasteiger partial charge in [-0.25, -0.2) is 4.79 Å². The maximum atomic E-state index is 10.8. The highest BCUT2D eigenvalue weighted by atomic mass is 16.5. The monoisotopic (exact) mass is 234 g/mol. The molecule has 94 valence electrons. The number of esters is 1. The van der Waals surface area contributed by atoms with Gasteiger partial charge >= 0.3 is 5.97 Å². The molecule has 0 amide bonds. The average molecular weight is 234 g/mol. The zero-order valence-corrected chi connectivity index (χ0v) is 11.1. The van der Waals surface area contributed by atoms with Crippen molar-refractivity contribution < 1.29 is 9.53 Å². The molecule has 0 N–H and O–H groups in total. The Labute approximate surface area is 104 Å². The van der Waals surface area contributed by atoms with Crippen LogP contribution in [0.15, 0.2) is 34.9 Å². The Balaban J connectivity index is 2.21. The van der Waals surface area contributed by atoms with Crippen LogP contribution in [0.2, 0.25) is 0 Å². The van der Waals surface area contributed by atoms with E-state index in [9.17, 15) is 4.79 Å². The Bertz CT molecular complexity index is 355. The smallest absolute Gasteiger partial charge is 0.331 e. The van der Waals surface area contributed by atoms with Crippen LogP contribution in [0.5, 0.6) is 0 Å². The first-order chi connectivity index (χ1) is 8.08. The van der Waals surface area contributed by atoms with Crippen molar-refractivity contribution in [2.75, 3.05) is 6.61 Å². The number of carbonyl (C=O) groups is 1. The number of carbonyl (C=O) groups excluding carboxylic acids is 1. The Morgan fingerprint density at radius 2 is 2.06 bits per heavy atom. The summed E-state index contributed by atoms with van der Waals surface area (Å²) < 4.78 is 4.85. The molecule has 0 radical (unpaired) electrons. The SMILES string of the molecule is CC(C)=CCC/C(C)=C/CCC1=CC(=O)OC1. The number of cyclic esters (lactones) is 1. The fraction of sp³-hybridized carbons (Fsp3) is 0.533. The summed E-state index contributed by atoms with van der Waals surface area (Å²) in [6, 6.07) is 0. The fourth-order valence-corrected chi connectivity index (χ4v) is 1.75. The molecule has 1 aliphatic heterocycles. The number of rotatable bonds is 6. The number of allylic oxidation sites excluding steroid dienone is 4. The van der Waals surface area contributed by atoms with Crippen LogP contribution in [0, 0.1) is 0 Å². The van der Waals surface area contributed by atoms with Crippen molar-refractivity contribution in [3.8, 4) is 0 Å².